The molecule has 12 aromatic rings. The molecule has 0 amide bonds. The average molecular weight is 1170 g/mol. The van der Waals surface area contributed by atoms with Gasteiger partial charge in [0.25, 0.3) is 0 Å². The molecule has 0 fully saturated rings. The monoisotopic (exact) mass is 1160 g/mol. The summed E-state index contributed by atoms with van der Waals surface area (Å²) in [7, 11) is 6.80. The highest BCUT2D eigenvalue weighted by Gasteiger charge is 2.39. The highest BCUT2D eigenvalue weighted by atomic mass is 16.5. The van der Waals surface area contributed by atoms with Crippen LogP contribution in [0.3, 0.4) is 0 Å². The first-order valence-electron chi connectivity index (χ1n) is 30.0. The third-order valence-corrected chi connectivity index (χ3v) is 16.7. The minimum Gasteiger partial charge on any atom is -0.497 e. The molecule has 0 aliphatic rings. The van der Waals surface area contributed by atoms with E-state index in [9.17, 15) is 0 Å². The second-order valence-electron chi connectivity index (χ2n) is 22.4. The quantitative estimate of drug-likeness (QED) is 0.0700. The van der Waals surface area contributed by atoms with Gasteiger partial charge in [-0.05, 0) is 244 Å². The van der Waals surface area contributed by atoms with Gasteiger partial charge in [-0.25, -0.2) is 0 Å². The van der Waals surface area contributed by atoms with E-state index in [1.54, 1.807) is 28.4 Å². The van der Waals surface area contributed by atoms with E-state index in [1.807, 2.05) is 48.5 Å². The second-order valence-corrected chi connectivity index (χ2v) is 22.4. The number of aryl methyl sites for hydroxylation is 4. The highest BCUT2D eigenvalue weighted by Crippen LogP contribution is 2.50. The largest absolute Gasteiger partial charge is 0.497 e. The third kappa shape index (κ3) is 12.1. The van der Waals surface area contributed by atoms with Crippen molar-refractivity contribution >= 4 is 68.2 Å². The Morgan fingerprint density at radius 3 is 0.438 bits per heavy atom. The Kier molecular flexibility index (Phi) is 17.0. The van der Waals surface area contributed by atoms with Crippen molar-refractivity contribution in [1.29, 1.82) is 0 Å². The molecule has 8 heteroatoms. The summed E-state index contributed by atoms with van der Waals surface area (Å²) >= 11 is 0. The van der Waals surface area contributed by atoms with Gasteiger partial charge in [-0.15, -0.1) is 0 Å². The number of benzene rings is 12. The van der Waals surface area contributed by atoms with E-state index in [0.717, 1.165) is 114 Å². The van der Waals surface area contributed by atoms with Crippen molar-refractivity contribution in [1.82, 2.24) is 0 Å². The Bertz CT molecular complexity index is 4020. The molecule has 0 heterocycles. The molecule has 0 aliphatic heterocycles. The lowest BCUT2D eigenvalue weighted by Gasteiger charge is -2.38. The SMILES string of the molecule is COc1ccc(N(c2ccc(C)cc2)c2ccc(C(c3ccc(N(c4ccc(C)cc4)c4ccc(C)cc4)cc3)(c3ccc(N(c4ccc(C)cc4)c4ccc(OC)cc4)cc3)c3ccc(N(c4ccc(OC)cc4)c4ccc(OC)cc4)cc3)cc2)cc1. The van der Waals surface area contributed by atoms with Crippen molar-refractivity contribution in [3.05, 3.63) is 336 Å². The van der Waals surface area contributed by atoms with Gasteiger partial charge in [-0.2, -0.15) is 0 Å². The van der Waals surface area contributed by atoms with Crippen LogP contribution in [0.1, 0.15) is 44.5 Å². The van der Waals surface area contributed by atoms with E-state index in [-0.39, 0.29) is 0 Å². The Morgan fingerprint density at radius 2 is 0.303 bits per heavy atom. The summed E-state index contributed by atoms with van der Waals surface area (Å²) in [6.45, 7) is 8.51. The molecular formula is C81H72N4O4. The molecular weight excluding hydrogens is 1090 g/mol. The zero-order valence-corrected chi connectivity index (χ0v) is 51.6. The summed E-state index contributed by atoms with van der Waals surface area (Å²) in [4.78, 5) is 9.22. The van der Waals surface area contributed by atoms with Crippen LogP contribution in [-0.4, -0.2) is 28.4 Å². The van der Waals surface area contributed by atoms with Crippen LogP contribution >= 0.6 is 0 Å². The molecule has 0 N–H and O–H groups in total. The second kappa shape index (κ2) is 25.9. The molecule has 12 aromatic carbocycles. The first-order chi connectivity index (χ1) is 43.5. The lowest BCUT2D eigenvalue weighted by atomic mass is 9.65. The van der Waals surface area contributed by atoms with Crippen molar-refractivity contribution < 1.29 is 18.9 Å². The van der Waals surface area contributed by atoms with Gasteiger partial charge in [0.05, 0.1) is 33.9 Å². The molecule has 8 nitrogen and oxygen atoms in total. The van der Waals surface area contributed by atoms with Crippen molar-refractivity contribution in [2.75, 3.05) is 48.0 Å². The molecule has 440 valence electrons. The van der Waals surface area contributed by atoms with Gasteiger partial charge in [-0.1, -0.05) is 119 Å². The highest BCUT2D eigenvalue weighted by molar-refractivity contribution is 5.82. The van der Waals surface area contributed by atoms with Crippen molar-refractivity contribution in [3.8, 4) is 23.0 Å². The van der Waals surface area contributed by atoms with Gasteiger partial charge >= 0.3 is 0 Å². The minimum absolute atomic E-state index is 0.782. The fourth-order valence-electron chi connectivity index (χ4n) is 11.9. The molecule has 0 spiro atoms. The minimum atomic E-state index is -0.915. The van der Waals surface area contributed by atoms with Crippen molar-refractivity contribution in [2.24, 2.45) is 0 Å². The summed E-state index contributed by atoms with van der Waals surface area (Å²) in [5.41, 5.74) is 20.4. The van der Waals surface area contributed by atoms with Crippen molar-refractivity contribution in [3.63, 3.8) is 0 Å². The summed E-state index contributed by atoms with van der Waals surface area (Å²) in [5.74, 6) is 3.15. The fourth-order valence-corrected chi connectivity index (χ4v) is 11.9. The first kappa shape index (κ1) is 58.4. The first-order valence-corrected chi connectivity index (χ1v) is 30.0. The van der Waals surface area contributed by atoms with E-state index >= 15 is 0 Å². The van der Waals surface area contributed by atoms with E-state index in [0.29, 0.717) is 0 Å². The maximum Gasteiger partial charge on any atom is 0.119 e. The Morgan fingerprint density at radius 1 is 0.180 bits per heavy atom. The molecule has 0 aliphatic carbocycles. The van der Waals surface area contributed by atoms with E-state index in [4.69, 9.17) is 18.9 Å². The number of rotatable bonds is 20. The molecule has 89 heavy (non-hydrogen) atoms. The number of ether oxygens (including phenoxy) is 4. The van der Waals surface area contributed by atoms with Gasteiger partial charge in [0, 0.05) is 68.2 Å². The molecule has 0 radical (unpaired) electrons. The van der Waals surface area contributed by atoms with E-state index < -0.39 is 5.41 Å². The Hall–Kier alpha value is -11.0. The number of nitrogens with zero attached hydrogens (tertiary/aromatic N) is 4. The van der Waals surface area contributed by atoms with Crippen LogP contribution in [0.4, 0.5) is 68.2 Å². The van der Waals surface area contributed by atoms with Crippen LogP contribution in [0.15, 0.2) is 291 Å². The maximum absolute atomic E-state index is 5.65. The van der Waals surface area contributed by atoms with Crippen LogP contribution in [-0.2, 0) is 5.41 Å². The molecule has 0 bridgehead atoms. The number of hydrogen-bond acceptors (Lipinski definition) is 8. The smallest absolute Gasteiger partial charge is 0.119 e. The predicted molar refractivity (Wildman–Crippen MR) is 369 cm³/mol. The number of anilines is 12. The summed E-state index contributed by atoms with van der Waals surface area (Å²) in [6, 6.07) is 105. The summed E-state index contributed by atoms with van der Waals surface area (Å²) in [5, 5.41) is 0. The van der Waals surface area contributed by atoms with Crippen molar-refractivity contribution in [2.45, 2.75) is 33.1 Å². The van der Waals surface area contributed by atoms with E-state index in [1.165, 1.54) is 22.3 Å². The third-order valence-electron chi connectivity index (χ3n) is 16.7. The summed E-state index contributed by atoms with van der Waals surface area (Å²) in [6.07, 6.45) is 0. The normalized spacial score (nSPS) is 11.1. The lowest BCUT2D eigenvalue weighted by Crippen LogP contribution is -2.31. The number of methoxy groups -OCH3 is 4. The molecule has 0 atom stereocenters. The lowest BCUT2D eigenvalue weighted by molar-refractivity contribution is 0.414. The average Bonchev–Trinajstić information content (AvgIpc) is 1.16. The van der Waals surface area contributed by atoms with Crippen LogP contribution in [0.2, 0.25) is 0 Å². The van der Waals surface area contributed by atoms with Crippen LogP contribution in [0, 0.1) is 27.7 Å². The van der Waals surface area contributed by atoms with E-state index in [2.05, 4.69) is 290 Å². The van der Waals surface area contributed by atoms with Crippen LogP contribution < -0.4 is 38.5 Å². The standard InChI is InChI=1S/C81H72N4O4/c1-57-9-25-65(26-10-57)82(66-27-11-58(2)12-28-66)69-33-17-61(18-34-69)81(62-19-35-70(36-20-62)83(67-29-13-59(3)14-30-67)73-41-49-77(86-5)50-42-73,63-21-37-71(38-22-63)84(68-31-15-60(4)16-32-68)74-43-51-78(87-6)52-44-74)64-23-39-72(40-24-64)85(75-45-53-79(88-7)54-46-75)76-47-55-80(89-8)56-48-76/h9-56H,1-8H3. The van der Waals surface area contributed by atoms with Gasteiger partial charge in [0.1, 0.15) is 23.0 Å². The zero-order chi connectivity index (χ0) is 61.4. The topological polar surface area (TPSA) is 49.9 Å². The zero-order valence-electron chi connectivity index (χ0n) is 51.6. The molecule has 0 unspecified atom stereocenters. The molecule has 0 saturated heterocycles. The van der Waals surface area contributed by atoms with Gasteiger partial charge in [-0.3, -0.25) is 0 Å². The number of hydrogen-bond donors (Lipinski definition) is 0. The van der Waals surface area contributed by atoms with Crippen LogP contribution in [0.25, 0.3) is 0 Å². The molecule has 12 rings (SSSR count). The van der Waals surface area contributed by atoms with Gasteiger partial charge in [0.2, 0.25) is 0 Å². The van der Waals surface area contributed by atoms with Crippen LogP contribution in [0.5, 0.6) is 23.0 Å². The van der Waals surface area contributed by atoms with Gasteiger partial charge < -0.3 is 38.5 Å². The Labute approximate surface area is 524 Å². The predicted octanol–water partition coefficient (Wildman–Crippen LogP) is 21.2. The maximum atomic E-state index is 5.65. The molecule has 0 aromatic heterocycles. The summed E-state index contributed by atoms with van der Waals surface area (Å²) < 4.78 is 22.6. The molecule has 0 saturated carbocycles. The fraction of sp³-hybridized carbons (Fsp3) is 0.111. The Balaban J connectivity index is 1.09. The van der Waals surface area contributed by atoms with Gasteiger partial charge in [0.15, 0.2) is 0 Å².